The van der Waals surface area contributed by atoms with Crippen LogP contribution in [0.1, 0.15) is 31.7 Å². The maximum Gasteiger partial charge on any atom is 0.0233 e. The van der Waals surface area contributed by atoms with Gasteiger partial charge in [0.2, 0.25) is 0 Å². The standard InChI is InChI=1S/C16H26N2/c1-2-18(12-14-7-4-3-5-8-14)13-16-10-6-9-15(16)11-17/h3-5,7-8,15-16H,2,6,9-13,17H2,1H3. The number of nitrogens with two attached hydrogens (primary N) is 1. The van der Waals surface area contributed by atoms with Gasteiger partial charge in [-0.3, -0.25) is 4.90 Å². The van der Waals surface area contributed by atoms with Crippen LogP contribution in [0.25, 0.3) is 0 Å². The van der Waals surface area contributed by atoms with Crippen molar-refractivity contribution < 1.29 is 0 Å². The van der Waals surface area contributed by atoms with E-state index in [2.05, 4.69) is 42.2 Å². The fraction of sp³-hybridized carbons (Fsp3) is 0.625. The first-order valence-corrected chi connectivity index (χ1v) is 7.29. The van der Waals surface area contributed by atoms with Crippen LogP contribution in [0.15, 0.2) is 30.3 Å². The molecule has 0 aliphatic heterocycles. The molecule has 1 aromatic carbocycles. The van der Waals surface area contributed by atoms with Crippen molar-refractivity contribution in [1.82, 2.24) is 4.90 Å². The lowest BCUT2D eigenvalue weighted by molar-refractivity contribution is 0.208. The summed E-state index contributed by atoms with van der Waals surface area (Å²) >= 11 is 0. The Morgan fingerprint density at radius 2 is 1.89 bits per heavy atom. The van der Waals surface area contributed by atoms with Crippen LogP contribution in [-0.4, -0.2) is 24.5 Å². The van der Waals surface area contributed by atoms with Crippen LogP contribution in [0, 0.1) is 11.8 Å². The minimum atomic E-state index is 0.759. The zero-order valence-electron chi connectivity index (χ0n) is 11.5. The van der Waals surface area contributed by atoms with E-state index in [4.69, 9.17) is 5.73 Å². The van der Waals surface area contributed by atoms with E-state index in [0.29, 0.717) is 0 Å². The molecule has 1 saturated carbocycles. The molecule has 2 nitrogen and oxygen atoms in total. The minimum Gasteiger partial charge on any atom is -0.330 e. The van der Waals surface area contributed by atoms with E-state index in [1.54, 1.807) is 0 Å². The van der Waals surface area contributed by atoms with E-state index in [-0.39, 0.29) is 0 Å². The summed E-state index contributed by atoms with van der Waals surface area (Å²) in [4.78, 5) is 2.56. The molecule has 100 valence electrons. The van der Waals surface area contributed by atoms with Crippen molar-refractivity contribution in [3.05, 3.63) is 35.9 Å². The van der Waals surface area contributed by atoms with Crippen LogP contribution in [0.2, 0.25) is 0 Å². The van der Waals surface area contributed by atoms with Crippen LogP contribution < -0.4 is 5.73 Å². The van der Waals surface area contributed by atoms with Gasteiger partial charge >= 0.3 is 0 Å². The van der Waals surface area contributed by atoms with Gasteiger partial charge in [0.05, 0.1) is 0 Å². The first-order chi connectivity index (χ1) is 8.83. The fourth-order valence-corrected chi connectivity index (χ4v) is 3.14. The first kappa shape index (κ1) is 13.6. The molecule has 18 heavy (non-hydrogen) atoms. The third-order valence-electron chi connectivity index (χ3n) is 4.31. The average Bonchev–Trinajstić information content (AvgIpc) is 2.86. The van der Waals surface area contributed by atoms with Crippen LogP contribution in [0.5, 0.6) is 0 Å². The lowest BCUT2D eigenvalue weighted by Crippen LogP contribution is -2.32. The van der Waals surface area contributed by atoms with Crippen molar-refractivity contribution in [3.63, 3.8) is 0 Å². The number of rotatable bonds is 6. The quantitative estimate of drug-likeness (QED) is 0.836. The zero-order chi connectivity index (χ0) is 12.8. The molecular weight excluding hydrogens is 220 g/mol. The van der Waals surface area contributed by atoms with Crippen LogP contribution in [0.3, 0.4) is 0 Å². The summed E-state index contributed by atoms with van der Waals surface area (Å²) < 4.78 is 0. The highest BCUT2D eigenvalue weighted by Gasteiger charge is 2.27. The van der Waals surface area contributed by atoms with Gasteiger partial charge in [0.25, 0.3) is 0 Å². The van der Waals surface area contributed by atoms with Gasteiger partial charge < -0.3 is 5.73 Å². The van der Waals surface area contributed by atoms with Gasteiger partial charge in [0, 0.05) is 13.1 Å². The highest BCUT2D eigenvalue weighted by atomic mass is 15.1. The van der Waals surface area contributed by atoms with Gasteiger partial charge in [0.1, 0.15) is 0 Å². The molecule has 2 heteroatoms. The molecule has 1 aliphatic carbocycles. The molecule has 0 spiro atoms. The summed E-state index contributed by atoms with van der Waals surface area (Å²) in [6.45, 7) is 6.55. The normalized spacial score (nSPS) is 23.7. The summed E-state index contributed by atoms with van der Waals surface area (Å²) in [5, 5.41) is 0. The van der Waals surface area contributed by atoms with Gasteiger partial charge in [-0.15, -0.1) is 0 Å². The van der Waals surface area contributed by atoms with Gasteiger partial charge in [-0.05, 0) is 43.3 Å². The van der Waals surface area contributed by atoms with Crippen LogP contribution in [0.4, 0.5) is 0 Å². The lowest BCUT2D eigenvalue weighted by Gasteiger charge is -2.27. The summed E-state index contributed by atoms with van der Waals surface area (Å²) in [5.41, 5.74) is 7.29. The molecule has 0 amide bonds. The highest BCUT2D eigenvalue weighted by Crippen LogP contribution is 2.31. The van der Waals surface area contributed by atoms with Gasteiger partial charge in [-0.25, -0.2) is 0 Å². The molecule has 1 aromatic rings. The van der Waals surface area contributed by atoms with Crippen molar-refractivity contribution in [2.45, 2.75) is 32.7 Å². The summed E-state index contributed by atoms with van der Waals surface area (Å²) in [6.07, 6.45) is 4.08. The smallest absolute Gasteiger partial charge is 0.0233 e. The monoisotopic (exact) mass is 246 g/mol. The third-order valence-corrected chi connectivity index (χ3v) is 4.31. The summed E-state index contributed by atoms with van der Waals surface area (Å²) in [7, 11) is 0. The number of hydrogen-bond acceptors (Lipinski definition) is 2. The Kier molecular flexibility index (Phi) is 5.21. The third kappa shape index (κ3) is 3.56. The maximum absolute atomic E-state index is 5.88. The van der Waals surface area contributed by atoms with E-state index in [1.165, 1.54) is 31.4 Å². The molecule has 0 aromatic heterocycles. The molecule has 2 atom stereocenters. The summed E-state index contributed by atoms with van der Waals surface area (Å²) in [5.74, 6) is 1.58. The van der Waals surface area contributed by atoms with Crippen LogP contribution in [-0.2, 0) is 6.54 Å². The van der Waals surface area contributed by atoms with Crippen molar-refractivity contribution in [3.8, 4) is 0 Å². The summed E-state index contributed by atoms with van der Waals surface area (Å²) in [6, 6.07) is 10.8. The SMILES string of the molecule is CCN(Cc1ccccc1)CC1CCCC1CN. The molecule has 0 heterocycles. The molecule has 2 N–H and O–H groups in total. The van der Waals surface area contributed by atoms with Crippen molar-refractivity contribution >= 4 is 0 Å². The predicted octanol–water partition coefficient (Wildman–Crippen LogP) is 2.88. The van der Waals surface area contributed by atoms with Gasteiger partial charge in [0.15, 0.2) is 0 Å². The Morgan fingerprint density at radius 1 is 1.17 bits per heavy atom. The van der Waals surface area contributed by atoms with Crippen molar-refractivity contribution in [2.24, 2.45) is 17.6 Å². The molecule has 2 unspecified atom stereocenters. The van der Waals surface area contributed by atoms with Gasteiger partial charge in [-0.2, -0.15) is 0 Å². The number of benzene rings is 1. The van der Waals surface area contributed by atoms with E-state index >= 15 is 0 Å². The number of hydrogen-bond donors (Lipinski definition) is 1. The second-order valence-electron chi connectivity index (χ2n) is 5.50. The molecule has 0 bridgehead atoms. The van der Waals surface area contributed by atoms with E-state index < -0.39 is 0 Å². The Morgan fingerprint density at radius 3 is 2.56 bits per heavy atom. The second-order valence-corrected chi connectivity index (χ2v) is 5.50. The largest absolute Gasteiger partial charge is 0.330 e. The minimum absolute atomic E-state index is 0.759. The predicted molar refractivity (Wildman–Crippen MR) is 77.3 cm³/mol. The molecule has 1 fully saturated rings. The maximum atomic E-state index is 5.88. The van der Waals surface area contributed by atoms with Crippen molar-refractivity contribution in [1.29, 1.82) is 0 Å². The molecular formula is C16H26N2. The Labute approximate surface area is 111 Å². The lowest BCUT2D eigenvalue weighted by atomic mass is 9.95. The van der Waals surface area contributed by atoms with Crippen molar-refractivity contribution in [2.75, 3.05) is 19.6 Å². The Bertz CT molecular complexity index is 336. The Hall–Kier alpha value is -0.860. The zero-order valence-corrected chi connectivity index (χ0v) is 11.5. The fourth-order valence-electron chi connectivity index (χ4n) is 3.14. The van der Waals surface area contributed by atoms with Crippen LogP contribution >= 0.6 is 0 Å². The van der Waals surface area contributed by atoms with E-state index in [0.717, 1.165) is 31.5 Å². The molecule has 1 aliphatic rings. The average molecular weight is 246 g/mol. The molecule has 0 saturated heterocycles. The van der Waals surface area contributed by atoms with E-state index in [9.17, 15) is 0 Å². The Balaban J connectivity index is 1.89. The highest BCUT2D eigenvalue weighted by molar-refractivity contribution is 5.14. The second kappa shape index (κ2) is 6.91. The first-order valence-electron chi connectivity index (χ1n) is 7.29. The van der Waals surface area contributed by atoms with E-state index in [1.807, 2.05) is 0 Å². The topological polar surface area (TPSA) is 29.3 Å². The molecule has 0 radical (unpaired) electrons. The molecule has 2 rings (SSSR count). The van der Waals surface area contributed by atoms with Gasteiger partial charge in [-0.1, -0.05) is 43.7 Å². The number of nitrogens with zero attached hydrogens (tertiary/aromatic N) is 1.